The second-order valence-electron chi connectivity index (χ2n) is 6.03. The van der Waals surface area contributed by atoms with Crippen molar-refractivity contribution in [2.45, 2.75) is 57.9 Å². The molecule has 0 unspecified atom stereocenters. The highest BCUT2D eigenvalue weighted by atomic mass is 19.4. The summed E-state index contributed by atoms with van der Waals surface area (Å²) in [6, 6.07) is 0. The number of alkyl halides is 3. The van der Waals surface area contributed by atoms with Crippen LogP contribution in [0.1, 0.15) is 40.0 Å². The first-order valence-electron chi connectivity index (χ1n) is 6.17. The number of halogens is 3. The van der Waals surface area contributed by atoms with Crippen LogP contribution in [-0.4, -0.2) is 35.6 Å². The molecule has 7 heteroatoms. The Morgan fingerprint density at radius 2 is 2.00 bits per heavy atom. The van der Waals surface area contributed by atoms with Crippen molar-refractivity contribution in [1.82, 2.24) is 5.32 Å². The molecule has 0 bridgehead atoms. The number of nitrogens with one attached hydrogen (secondary N) is 1. The normalized spacial score (nSPS) is 28.3. The maximum atomic E-state index is 13.1. The van der Waals surface area contributed by atoms with Gasteiger partial charge in [0.15, 0.2) is 0 Å². The van der Waals surface area contributed by atoms with Gasteiger partial charge in [-0.2, -0.15) is 13.2 Å². The number of aliphatic hydroxyl groups is 1. The Labute approximate surface area is 110 Å². The zero-order valence-electron chi connectivity index (χ0n) is 11.3. The van der Waals surface area contributed by atoms with Crippen molar-refractivity contribution in [3.05, 3.63) is 0 Å². The van der Waals surface area contributed by atoms with Crippen molar-refractivity contribution in [1.29, 1.82) is 0 Å². The predicted octanol–water partition coefficient (Wildman–Crippen LogP) is 2.60. The summed E-state index contributed by atoms with van der Waals surface area (Å²) < 4.78 is 44.1. The molecule has 0 aromatic rings. The molecule has 1 rings (SSSR count). The summed E-state index contributed by atoms with van der Waals surface area (Å²) >= 11 is 0. The minimum atomic E-state index is -4.46. The van der Waals surface area contributed by atoms with Crippen LogP contribution in [0.4, 0.5) is 18.0 Å². The predicted molar refractivity (Wildman–Crippen MR) is 62.6 cm³/mol. The van der Waals surface area contributed by atoms with Gasteiger partial charge in [0, 0.05) is 6.54 Å². The highest BCUT2D eigenvalue weighted by Crippen LogP contribution is 2.50. The minimum absolute atomic E-state index is 0.0928. The minimum Gasteiger partial charge on any atom is -0.444 e. The van der Waals surface area contributed by atoms with Gasteiger partial charge >= 0.3 is 12.3 Å². The van der Waals surface area contributed by atoms with Crippen molar-refractivity contribution in [2.75, 3.05) is 6.54 Å². The lowest BCUT2D eigenvalue weighted by atomic mass is 9.85. The van der Waals surface area contributed by atoms with E-state index in [0.29, 0.717) is 0 Å². The van der Waals surface area contributed by atoms with Crippen molar-refractivity contribution in [3.63, 3.8) is 0 Å². The van der Waals surface area contributed by atoms with Gasteiger partial charge in [-0.3, -0.25) is 0 Å². The zero-order chi connectivity index (χ0) is 14.9. The van der Waals surface area contributed by atoms with Crippen LogP contribution in [0.25, 0.3) is 0 Å². The van der Waals surface area contributed by atoms with Crippen molar-refractivity contribution in [2.24, 2.45) is 5.41 Å². The third-order valence-electron chi connectivity index (χ3n) is 3.15. The van der Waals surface area contributed by atoms with E-state index in [1.165, 1.54) is 0 Å². The molecule has 1 aliphatic carbocycles. The molecule has 1 fully saturated rings. The van der Waals surface area contributed by atoms with E-state index in [1.54, 1.807) is 20.8 Å². The standard InChI is InChI=1S/C12H20F3NO3/c1-10(2,3)19-9(18)16-7-11(12(13,14)15)5-4-8(17)6-11/h8,17H,4-7H2,1-3H3,(H,16,18)/t8-,11-/m0/s1. The molecule has 4 nitrogen and oxygen atoms in total. The molecule has 1 saturated carbocycles. The van der Waals surface area contributed by atoms with E-state index >= 15 is 0 Å². The van der Waals surface area contributed by atoms with Crippen LogP contribution >= 0.6 is 0 Å². The summed E-state index contributed by atoms with van der Waals surface area (Å²) in [5.74, 6) is 0. The lowest BCUT2D eigenvalue weighted by molar-refractivity contribution is -0.222. The Kier molecular flexibility index (Phi) is 4.39. The van der Waals surface area contributed by atoms with Crippen LogP contribution in [0, 0.1) is 5.41 Å². The van der Waals surface area contributed by atoms with E-state index in [4.69, 9.17) is 4.74 Å². The highest BCUT2D eigenvalue weighted by molar-refractivity contribution is 5.67. The van der Waals surface area contributed by atoms with Gasteiger partial charge in [0.25, 0.3) is 0 Å². The second kappa shape index (κ2) is 5.19. The highest BCUT2D eigenvalue weighted by Gasteiger charge is 2.58. The van der Waals surface area contributed by atoms with E-state index in [1.807, 2.05) is 0 Å². The smallest absolute Gasteiger partial charge is 0.407 e. The molecule has 0 aromatic carbocycles. The van der Waals surface area contributed by atoms with Crippen LogP contribution in [-0.2, 0) is 4.74 Å². The van der Waals surface area contributed by atoms with Crippen LogP contribution in [0.5, 0.6) is 0 Å². The van der Waals surface area contributed by atoms with Gasteiger partial charge in [-0.15, -0.1) is 0 Å². The number of hydrogen-bond acceptors (Lipinski definition) is 3. The van der Waals surface area contributed by atoms with Gasteiger partial charge < -0.3 is 15.2 Å². The van der Waals surface area contributed by atoms with Crippen LogP contribution in [0.15, 0.2) is 0 Å². The largest absolute Gasteiger partial charge is 0.444 e. The fourth-order valence-corrected chi connectivity index (χ4v) is 2.17. The van der Waals surface area contributed by atoms with Crippen LogP contribution in [0.3, 0.4) is 0 Å². The molecule has 0 saturated heterocycles. The molecule has 0 aliphatic heterocycles. The number of carbonyl (C=O) groups is 1. The molecular weight excluding hydrogens is 263 g/mol. The number of hydrogen-bond donors (Lipinski definition) is 2. The molecule has 112 valence electrons. The summed E-state index contributed by atoms with van der Waals surface area (Å²) in [6.07, 6.45) is -6.78. The topological polar surface area (TPSA) is 58.6 Å². The summed E-state index contributed by atoms with van der Waals surface area (Å²) in [6.45, 7) is 4.32. The number of alkyl carbamates (subject to hydrolysis) is 1. The van der Waals surface area contributed by atoms with Gasteiger partial charge in [0.05, 0.1) is 11.5 Å². The quantitative estimate of drug-likeness (QED) is 0.819. The molecule has 19 heavy (non-hydrogen) atoms. The third-order valence-corrected chi connectivity index (χ3v) is 3.15. The van der Waals surface area contributed by atoms with Crippen LogP contribution < -0.4 is 5.32 Å². The Balaban J connectivity index is 2.64. The van der Waals surface area contributed by atoms with Gasteiger partial charge in [-0.25, -0.2) is 4.79 Å². The molecule has 0 spiro atoms. The fourth-order valence-electron chi connectivity index (χ4n) is 2.17. The lowest BCUT2D eigenvalue weighted by Gasteiger charge is -2.32. The Bertz CT molecular complexity index is 338. The van der Waals surface area contributed by atoms with E-state index in [0.717, 1.165) is 0 Å². The molecule has 0 aromatic heterocycles. The number of ether oxygens (including phenoxy) is 1. The third kappa shape index (κ3) is 4.26. The van der Waals surface area contributed by atoms with E-state index < -0.39 is 35.9 Å². The molecule has 2 N–H and O–H groups in total. The lowest BCUT2D eigenvalue weighted by Crippen LogP contribution is -2.47. The van der Waals surface area contributed by atoms with E-state index in [9.17, 15) is 23.1 Å². The number of aliphatic hydroxyl groups excluding tert-OH is 1. The molecule has 0 heterocycles. The van der Waals surface area contributed by atoms with Crippen LogP contribution in [0.2, 0.25) is 0 Å². The van der Waals surface area contributed by atoms with E-state index in [2.05, 4.69) is 5.32 Å². The fraction of sp³-hybridized carbons (Fsp3) is 0.917. The summed E-state index contributed by atoms with van der Waals surface area (Å²) in [7, 11) is 0. The average Bonchev–Trinajstić information content (AvgIpc) is 2.55. The maximum absolute atomic E-state index is 13.1. The molecule has 1 amide bonds. The van der Waals surface area contributed by atoms with Crippen molar-refractivity contribution < 1.29 is 27.8 Å². The molecule has 0 radical (unpaired) electrons. The Hall–Kier alpha value is -0.980. The first-order chi connectivity index (χ1) is 8.45. The average molecular weight is 283 g/mol. The van der Waals surface area contributed by atoms with Crippen molar-refractivity contribution >= 4 is 6.09 Å². The first kappa shape index (κ1) is 16.1. The van der Waals surface area contributed by atoms with Crippen molar-refractivity contribution in [3.8, 4) is 0 Å². The Morgan fingerprint density at radius 3 is 2.37 bits per heavy atom. The molecule has 2 atom stereocenters. The molecular formula is C12H20F3NO3. The number of carbonyl (C=O) groups excluding carboxylic acids is 1. The maximum Gasteiger partial charge on any atom is 0.407 e. The zero-order valence-corrected chi connectivity index (χ0v) is 11.3. The Morgan fingerprint density at radius 1 is 1.42 bits per heavy atom. The van der Waals surface area contributed by atoms with Gasteiger partial charge in [0.2, 0.25) is 0 Å². The first-order valence-corrected chi connectivity index (χ1v) is 6.17. The monoisotopic (exact) mass is 283 g/mol. The summed E-state index contributed by atoms with van der Waals surface area (Å²) in [4.78, 5) is 11.4. The van der Waals surface area contributed by atoms with E-state index in [-0.39, 0.29) is 19.3 Å². The SMILES string of the molecule is CC(C)(C)OC(=O)NC[C@]1(C(F)(F)F)CC[C@H](O)C1. The number of amides is 1. The second-order valence-corrected chi connectivity index (χ2v) is 6.03. The van der Waals surface area contributed by atoms with Gasteiger partial charge in [-0.05, 0) is 40.0 Å². The van der Waals surface area contributed by atoms with Gasteiger partial charge in [0.1, 0.15) is 5.60 Å². The summed E-state index contributed by atoms with van der Waals surface area (Å²) in [5, 5.41) is 11.5. The number of rotatable bonds is 2. The molecule has 1 aliphatic rings. The van der Waals surface area contributed by atoms with Gasteiger partial charge in [-0.1, -0.05) is 0 Å². The summed E-state index contributed by atoms with van der Waals surface area (Å²) in [5.41, 5.74) is -2.81.